The van der Waals surface area contributed by atoms with E-state index in [0.717, 1.165) is 5.56 Å². The molecule has 1 fully saturated rings. The molecule has 24 heavy (non-hydrogen) atoms. The number of carbonyl (C=O) groups is 2. The number of amides is 2. The van der Waals surface area contributed by atoms with Crippen LogP contribution in [-0.4, -0.2) is 30.1 Å². The number of carbonyl (C=O) groups excluding carboxylic acids is 2. The third kappa shape index (κ3) is 5.70. The molecule has 2 rings (SSSR count). The summed E-state index contributed by atoms with van der Waals surface area (Å²) in [5.41, 5.74) is 0.331. The van der Waals surface area contributed by atoms with E-state index in [-0.39, 0.29) is 18.7 Å². The summed E-state index contributed by atoms with van der Waals surface area (Å²) in [5.74, 6) is -0.788. The summed E-state index contributed by atoms with van der Waals surface area (Å²) in [6.07, 6.45) is -2.84. The van der Waals surface area contributed by atoms with Gasteiger partial charge in [0.05, 0.1) is 0 Å². The van der Waals surface area contributed by atoms with Crippen LogP contribution in [0, 0.1) is 0 Å². The van der Waals surface area contributed by atoms with E-state index >= 15 is 0 Å². The van der Waals surface area contributed by atoms with Crippen LogP contribution < -0.4 is 10.6 Å². The van der Waals surface area contributed by atoms with Crippen molar-refractivity contribution in [3.63, 3.8) is 0 Å². The zero-order valence-electron chi connectivity index (χ0n) is 12.9. The van der Waals surface area contributed by atoms with Crippen molar-refractivity contribution < 1.29 is 22.8 Å². The standard InChI is InChI=1S/C16H18ClF3N2O2/c17-12-3-1-11(2-4-12)9-15(8-6-14(24)22-15)7-5-13(23)21-10-16(18,19)20/h1-4H,5-10H2,(H,21,23)(H,22,24)/t15-/m0/s1. The Labute approximate surface area is 142 Å². The minimum Gasteiger partial charge on any atom is -0.350 e. The number of halogens is 4. The second-order valence-corrected chi connectivity index (χ2v) is 6.46. The molecule has 0 spiro atoms. The molecule has 1 atom stereocenters. The van der Waals surface area contributed by atoms with Gasteiger partial charge in [-0.3, -0.25) is 9.59 Å². The molecule has 0 bridgehead atoms. The maximum Gasteiger partial charge on any atom is 0.405 e. The van der Waals surface area contributed by atoms with Crippen molar-refractivity contribution in [3.05, 3.63) is 34.9 Å². The lowest BCUT2D eigenvalue weighted by Crippen LogP contribution is -2.45. The number of nitrogens with one attached hydrogen (secondary N) is 2. The highest BCUT2D eigenvalue weighted by Crippen LogP contribution is 2.30. The van der Waals surface area contributed by atoms with Gasteiger partial charge in [-0.05, 0) is 37.0 Å². The van der Waals surface area contributed by atoms with Crippen molar-refractivity contribution in [1.29, 1.82) is 0 Å². The fourth-order valence-electron chi connectivity index (χ4n) is 2.82. The minimum atomic E-state index is -4.43. The van der Waals surface area contributed by atoms with Crippen LogP contribution in [0.15, 0.2) is 24.3 Å². The Bertz CT molecular complexity index is 604. The van der Waals surface area contributed by atoms with Gasteiger partial charge in [-0.2, -0.15) is 13.2 Å². The highest BCUT2D eigenvalue weighted by Gasteiger charge is 2.38. The largest absolute Gasteiger partial charge is 0.405 e. The fraction of sp³-hybridized carbons (Fsp3) is 0.500. The Morgan fingerprint density at radius 2 is 1.96 bits per heavy atom. The van der Waals surface area contributed by atoms with Crippen LogP contribution >= 0.6 is 11.6 Å². The van der Waals surface area contributed by atoms with E-state index in [1.165, 1.54) is 0 Å². The summed E-state index contributed by atoms with van der Waals surface area (Å²) >= 11 is 5.85. The van der Waals surface area contributed by atoms with Crippen LogP contribution in [0.2, 0.25) is 5.02 Å². The summed E-state index contributed by atoms with van der Waals surface area (Å²) < 4.78 is 36.4. The van der Waals surface area contributed by atoms with Crippen LogP contribution in [0.5, 0.6) is 0 Å². The van der Waals surface area contributed by atoms with Gasteiger partial charge in [0.15, 0.2) is 0 Å². The lowest BCUT2D eigenvalue weighted by molar-refractivity contribution is -0.138. The zero-order valence-corrected chi connectivity index (χ0v) is 13.6. The Balaban J connectivity index is 1.96. The first-order valence-electron chi connectivity index (χ1n) is 7.56. The van der Waals surface area contributed by atoms with Crippen molar-refractivity contribution in [3.8, 4) is 0 Å². The molecule has 2 N–H and O–H groups in total. The van der Waals surface area contributed by atoms with E-state index < -0.39 is 24.2 Å². The van der Waals surface area contributed by atoms with E-state index in [1.54, 1.807) is 12.1 Å². The minimum absolute atomic E-state index is 0.0794. The first kappa shape index (κ1) is 18.6. The number of rotatable bonds is 6. The normalized spacial score (nSPS) is 20.8. The molecule has 0 saturated carbocycles. The Hall–Kier alpha value is -1.76. The van der Waals surface area contributed by atoms with Gasteiger partial charge >= 0.3 is 6.18 Å². The maximum absolute atomic E-state index is 12.1. The molecule has 1 saturated heterocycles. The predicted molar refractivity (Wildman–Crippen MR) is 83.6 cm³/mol. The highest BCUT2D eigenvalue weighted by molar-refractivity contribution is 6.30. The van der Waals surface area contributed by atoms with Gasteiger partial charge in [0.2, 0.25) is 11.8 Å². The number of hydrogen-bond donors (Lipinski definition) is 2. The molecule has 4 nitrogen and oxygen atoms in total. The quantitative estimate of drug-likeness (QED) is 0.817. The summed E-state index contributed by atoms with van der Waals surface area (Å²) in [6, 6.07) is 7.13. The fourth-order valence-corrected chi connectivity index (χ4v) is 2.94. The highest BCUT2D eigenvalue weighted by atomic mass is 35.5. The SMILES string of the molecule is O=C(CC[C@@]1(Cc2ccc(Cl)cc2)CCC(=O)N1)NCC(F)(F)F. The van der Waals surface area contributed by atoms with Crippen LogP contribution in [-0.2, 0) is 16.0 Å². The molecule has 0 radical (unpaired) electrons. The summed E-state index contributed by atoms with van der Waals surface area (Å²) in [4.78, 5) is 23.2. The second-order valence-electron chi connectivity index (χ2n) is 6.02. The van der Waals surface area contributed by atoms with E-state index in [2.05, 4.69) is 5.32 Å². The van der Waals surface area contributed by atoms with E-state index in [0.29, 0.717) is 24.3 Å². The molecular formula is C16H18ClF3N2O2. The van der Waals surface area contributed by atoms with E-state index in [1.807, 2.05) is 17.4 Å². The molecule has 1 aromatic rings. The summed E-state index contributed by atoms with van der Waals surface area (Å²) in [5, 5.41) is 5.33. The van der Waals surface area contributed by atoms with Crippen LogP contribution in [0.3, 0.4) is 0 Å². The Morgan fingerprint density at radius 3 is 2.50 bits per heavy atom. The van der Waals surface area contributed by atoms with Gasteiger partial charge < -0.3 is 10.6 Å². The van der Waals surface area contributed by atoms with Gasteiger partial charge in [0.1, 0.15) is 6.54 Å². The summed E-state index contributed by atoms with van der Waals surface area (Å²) in [6.45, 7) is -1.34. The third-order valence-electron chi connectivity index (χ3n) is 4.01. The first-order valence-corrected chi connectivity index (χ1v) is 7.94. The Kier molecular flexibility index (Phi) is 5.74. The van der Waals surface area contributed by atoms with Crippen LogP contribution in [0.25, 0.3) is 0 Å². The molecule has 0 aromatic heterocycles. The van der Waals surface area contributed by atoms with Gasteiger partial charge in [-0.1, -0.05) is 23.7 Å². The molecule has 1 heterocycles. The van der Waals surface area contributed by atoms with Crippen molar-refractivity contribution in [2.75, 3.05) is 6.54 Å². The van der Waals surface area contributed by atoms with Gasteiger partial charge in [0.25, 0.3) is 0 Å². The van der Waals surface area contributed by atoms with Crippen LogP contribution in [0.1, 0.15) is 31.2 Å². The Morgan fingerprint density at radius 1 is 1.29 bits per heavy atom. The average molecular weight is 363 g/mol. The van der Waals surface area contributed by atoms with Crippen LogP contribution in [0.4, 0.5) is 13.2 Å². The van der Waals surface area contributed by atoms with Crippen molar-refractivity contribution in [2.45, 2.75) is 43.8 Å². The third-order valence-corrected chi connectivity index (χ3v) is 4.26. The topological polar surface area (TPSA) is 58.2 Å². The number of hydrogen-bond acceptors (Lipinski definition) is 2. The van der Waals surface area contributed by atoms with E-state index in [9.17, 15) is 22.8 Å². The molecule has 1 aromatic carbocycles. The molecular weight excluding hydrogens is 345 g/mol. The molecule has 0 aliphatic carbocycles. The van der Waals surface area contributed by atoms with Crippen molar-refractivity contribution >= 4 is 23.4 Å². The maximum atomic E-state index is 12.1. The zero-order chi connectivity index (χ0) is 17.8. The monoisotopic (exact) mass is 362 g/mol. The second kappa shape index (κ2) is 7.42. The van der Waals surface area contributed by atoms with Crippen molar-refractivity contribution in [2.24, 2.45) is 0 Å². The van der Waals surface area contributed by atoms with E-state index in [4.69, 9.17) is 11.6 Å². The average Bonchev–Trinajstić information content (AvgIpc) is 2.86. The predicted octanol–water partition coefficient (Wildman–Crippen LogP) is 2.99. The smallest absolute Gasteiger partial charge is 0.350 e. The first-order chi connectivity index (χ1) is 11.2. The number of alkyl halides is 3. The summed E-state index contributed by atoms with van der Waals surface area (Å²) in [7, 11) is 0. The van der Waals surface area contributed by atoms with Gasteiger partial charge in [-0.15, -0.1) is 0 Å². The molecule has 1 aliphatic rings. The van der Waals surface area contributed by atoms with Gasteiger partial charge in [0, 0.05) is 23.4 Å². The molecule has 1 aliphatic heterocycles. The van der Waals surface area contributed by atoms with Gasteiger partial charge in [-0.25, -0.2) is 0 Å². The lowest BCUT2D eigenvalue weighted by atomic mass is 9.85. The molecule has 0 unspecified atom stereocenters. The molecule has 8 heteroatoms. The lowest BCUT2D eigenvalue weighted by Gasteiger charge is -2.29. The molecule has 132 valence electrons. The van der Waals surface area contributed by atoms with Crippen molar-refractivity contribution in [1.82, 2.24) is 10.6 Å². The number of benzene rings is 1. The molecule has 2 amide bonds.